The van der Waals surface area contributed by atoms with Crippen LogP contribution in [-0.2, 0) is 11.3 Å². The van der Waals surface area contributed by atoms with Crippen molar-refractivity contribution >= 4 is 28.4 Å². The van der Waals surface area contributed by atoms with Crippen LogP contribution in [0.3, 0.4) is 0 Å². The average molecular weight is 291 g/mol. The fraction of sp³-hybridized carbons (Fsp3) is 0.438. The molecule has 1 amide bonds. The van der Waals surface area contributed by atoms with Gasteiger partial charge in [0.05, 0.1) is 0 Å². The first-order chi connectivity index (χ1) is 9.72. The van der Waals surface area contributed by atoms with E-state index < -0.39 is 0 Å². The number of halogens is 1. The molecule has 1 aliphatic carbocycles. The van der Waals surface area contributed by atoms with Crippen LogP contribution in [0.15, 0.2) is 30.5 Å². The predicted octanol–water partition coefficient (Wildman–Crippen LogP) is 3.74. The number of carbonyl (C=O) groups is 1. The molecular weight excluding hydrogens is 272 g/mol. The molecule has 1 N–H and O–H groups in total. The summed E-state index contributed by atoms with van der Waals surface area (Å²) in [5, 5.41) is 4.94. The van der Waals surface area contributed by atoms with E-state index in [1.807, 2.05) is 35.0 Å². The lowest BCUT2D eigenvalue weighted by Crippen LogP contribution is -2.38. The van der Waals surface area contributed by atoms with E-state index in [9.17, 15) is 4.79 Å². The summed E-state index contributed by atoms with van der Waals surface area (Å²) >= 11 is 5.97. The Hall–Kier alpha value is -1.48. The molecule has 0 spiro atoms. The fourth-order valence-corrected chi connectivity index (χ4v) is 3.16. The topological polar surface area (TPSA) is 34.0 Å². The Morgan fingerprint density at radius 2 is 2.05 bits per heavy atom. The Kier molecular flexibility index (Phi) is 3.97. The van der Waals surface area contributed by atoms with E-state index in [0.29, 0.717) is 12.6 Å². The van der Waals surface area contributed by atoms with Gasteiger partial charge >= 0.3 is 0 Å². The van der Waals surface area contributed by atoms with Crippen LogP contribution in [-0.4, -0.2) is 16.5 Å². The van der Waals surface area contributed by atoms with E-state index >= 15 is 0 Å². The smallest absolute Gasteiger partial charge is 0.240 e. The average Bonchev–Trinajstić information content (AvgIpc) is 2.82. The molecule has 1 fully saturated rings. The maximum Gasteiger partial charge on any atom is 0.240 e. The number of amides is 1. The van der Waals surface area contributed by atoms with Crippen LogP contribution in [0.1, 0.15) is 32.1 Å². The molecule has 1 heterocycles. The summed E-state index contributed by atoms with van der Waals surface area (Å²) in [4.78, 5) is 12.1. The molecule has 0 saturated heterocycles. The third kappa shape index (κ3) is 2.98. The molecule has 1 saturated carbocycles. The summed E-state index contributed by atoms with van der Waals surface area (Å²) < 4.78 is 1.98. The van der Waals surface area contributed by atoms with Crippen molar-refractivity contribution in [3.8, 4) is 0 Å². The summed E-state index contributed by atoms with van der Waals surface area (Å²) in [6.07, 6.45) is 7.95. The maximum atomic E-state index is 12.1. The number of nitrogens with one attached hydrogen (secondary N) is 1. The zero-order chi connectivity index (χ0) is 13.9. The monoisotopic (exact) mass is 290 g/mol. The van der Waals surface area contributed by atoms with E-state index in [2.05, 4.69) is 5.32 Å². The number of benzene rings is 1. The lowest BCUT2D eigenvalue weighted by Gasteiger charge is -2.22. The molecule has 1 aliphatic rings. The second-order valence-corrected chi connectivity index (χ2v) is 5.99. The van der Waals surface area contributed by atoms with Gasteiger partial charge in [-0.05, 0) is 37.1 Å². The standard InChI is InChI=1S/C16H19ClN2O/c17-13-6-7-15-12(10-13)8-9-19(15)11-16(20)18-14-4-2-1-3-5-14/h6-10,14H,1-5,11H2,(H,18,20). The number of aromatic nitrogens is 1. The first kappa shape index (κ1) is 13.5. The van der Waals surface area contributed by atoms with Crippen molar-refractivity contribution < 1.29 is 4.79 Å². The van der Waals surface area contributed by atoms with E-state index in [0.717, 1.165) is 28.8 Å². The number of hydrogen-bond donors (Lipinski definition) is 1. The van der Waals surface area contributed by atoms with Gasteiger partial charge in [0.15, 0.2) is 0 Å². The van der Waals surface area contributed by atoms with E-state index in [4.69, 9.17) is 11.6 Å². The van der Waals surface area contributed by atoms with Crippen molar-refractivity contribution in [1.29, 1.82) is 0 Å². The normalized spacial score (nSPS) is 16.4. The van der Waals surface area contributed by atoms with Crippen LogP contribution >= 0.6 is 11.6 Å². The minimum absolute atomic E-state index is 0.101. The Morgan fingerprint density at radius 3 is 2.85 bits per heavy atom. The van der Waals surface area contributed by atoms with Crippen LogP contribution in [0.2, 0.25) is 5.02 Å². The van der Waals surface area contributed by atoms with Crippen molar-refractivity contribution in [3.63, 3.8) is 0 Å². The third-order valence-corrected chi connectivity index (χ3v) is 4.25. The highest BCUT2D eigenvalue weighted by Crippen LogP contribution is 2.21. The second-order valence-electron chi connectivity index (χ2n) is 5.55. The lowest BCUT2D eigenvalue weighted by atomic mass is 9.95. The van der Waals surface area contributed by atoms with Gasteiger partial charge in [-0.3, -0.25) is 4.79 Å². The van der Waals surface area contributed by atoms with E-state index in [1.165, 1.54) is 19.3 Å². The van der Waals surface area contributed by atoms with Crippen LogP contribution in [0.5, 0.6) is 0 Å². The van der Waals surface area contributed by atoms with Gasteiger partial charge in [0.1, 0.15) is 6.54 Å². The zero-order valence-corrected chi connectivity index (χ0v) is 12.2. The largest absolute Gasteiger partial charge is 0.352 e. The molecule has 1 aromatic heterocycles. The van der Waals surface area contributed by atoms with Crippen molar-refractivity contribution in [1.82, 2.24) is 9.88 Å². The first-order valence-electron chi connectivity index (χ1n) is 7.26. The minimum Gasteiger partial charge on any atom is -0.352 e. The van der Waals surface area contributed by atoms with Gasteiger partial charge in [-0.2, -0.15) is 0 Å². The Morgan fingerprint density at radius 1 is 1.25 bits per heavy atom. The number of carbonyl (C=O) groups excluding carboxylic acids is 1. The molecule has 4 heteroatoms. The van der Waals surface area contributed by atoms with Crippen LogP contribution in [0.25, 0.3) is 10.9 Å². The highest BCUT2D eigenvalue weighted by Gasteiger charge is 2.16. The molecule has 0 atom stereocenters. The molecule has 2 aromatic rings. The lowest BCUT2D eigenvalue weighted by molar-refractivity contribution is -0.122. The summed E-state index contributed by atoms with van der Waals surface area (Å²) in [6.45, 7) is 0.377. The van der Waals surface area contributed by atoms with E-state index in [1.54, 1.807) is 0 Å². The van der Waals surface area contributed by atoms with Gasteiger partial charge in [-0.1, -0.05) is 30.9 Å². The first-order valence-corrected chi connectivity index (χ1v) is 7.64. The number of fused-ring (bicyclic) bond motifs is 1. The van der Waals surface area contributed by atoms with Gasteiger partial charge in [-0.25, -0.2) is 0 Å². The van der Waals surface area contributed by atoms with Crippen molar-refractivity contribution in [3.05, 3.63) is 35.5 Å². The van der Waals surface area contributed by atoms with Crippen molar-refractivity contribution in [2.24, 2.45) is 0 Å². The van der Waals surface area contributed by atoms with Crippen molar-refractivity contribution in [2.45, 2.75) is 44.7 Å². The Bertz CT molecular complexity index is 614. The molecule has 3 nitrogen and oxygen atoms in total. The number of nitrogens with zero attached hydrogens (tertiary/aromatic N) is 1. The van der Waals surface area contributed by atoms with Gasteiger partial charge in [0, 0.05) is 28.2 Å². The minimum atomic E-state index is 0.101. The highest BCUT2D eigenvalue weighted by molar-refractivity contribution is 6.31. The number of hydrogen-bond acceptors (Lipinski definition) is 1. The molecule has 0 radical (unpaired) electrons. The number of rotatable bonds is 3. The highest BCUT2D eigenvalue weighted by atomic mass is 35.5. The molecule has 3 rings (SSSR count). The Labute approximate surface area is 123 Å². The maximum absolute atomic E-state index is 12.1. The predicted molar refractivity (Wildman–Crippen MR) is 82.0 cm³/mol. The van der Waals surface area contributed by atoms with Crippen LogP contribution < -0.4 is 5.32 Å². The molecule has 106 valence electrons. The summed E-state index contributed by atoms with van der Waals surface area (Å²) in [7, 11) is 0. The molecule has 20 heavy (non-hydrogen) atoms. The van der Waals surface area contributed by atoms with Gasteiger partial charge in [0.2, 0.25) is 5.91 Å². The Balaban J connectivity index is 1.67. The second kappa shape index (κ2) is 5.88. The van der Waals surface area contributed by atoms with Gasteiger partial charge in [0.25, 0.3) is 0 Å². The van der Waals surface area contributed by atoms with Gasteiger partial charge in [-0.15, -0.1) is 0 Å². The zero-order valence-electron chi connectivity index (χ0n) is 11.4. The van der Waals surface area contributed by atoms with Crippen LogP contribution in [0.4, 0.5) is 0 Å². The SMILES string of the molecule is O=C(Cn1ccc2cc(Cl)ccc21)NC1CCCCC1. The summed E-state index contributed by atoms with van der Waals surface area (Å²) in [6, 6.07) is 8.11. The molecule has 0 aliphatic heterocycles. The summed E-state index contributed by atoms with van der Waals surface area (Å²) in [5.41, 5.74) is 1.05. The van der Waals surface area contributed by atoms with Gasteiger partial charge < -0.3 is 9.88 Å². The summed E-state index contributed by atoms with van der Waals surface area (Å²) in [5.74, 6) is 0.101. The molecule has 0 unspecified atom stereocenters. The molecule has 0 bridgehead atoms. The molecule has 1 aromatic carbocycles. The quantitative estimate of drug-likeness (QED) is 0.918. The fourth-order valence-electron chi connectivity index (χ4n) is 2.98. The van der Waals surface area contributed by atoms with Crippen LogP contribution in [0, 0.1) is 0 Å². The third-order valence-electron chi connectivity index (χ3n) is 4.02. The molecular formula is C16H19ClN2O. The van der Waals surface area contributed by atoms with E-state index in [-0.39, 0.29) is 5.91 Å². The van der Waals surface area contributed by atoms with Crippen molar-refractivity contribution in [2.75, 3.05) is 0 Å².